The molecule has 2 aromatic rings. The van der Waals surface area contributed by atoms with Crippen LogP contribution in [0.4, 0.5) is 5.69 Å². The molecule has 24 heavy (non-hydrogen) atoms. The summed E-state index contributed by atoms with van der Waals surface area (Å²) in [4.78, 5) is 25.9. The summed E-state index contributed by atoms with van der Waals surface area (Å²) in [5.74, 6) is -0.165. The van der Waals surface area contributed by atoms with Gasteiger partial charge in [-0.15, -0.1) is 0 Å². The van der Waals surface area contributed by atoms with Gasteiger partial charge in [-0.3, -0.25) is 4.79 Å². The predicted octanol–water partition coefficient (Wildman–Crippen LogP) is 3.68. The lowest BCUT2D eigenvalue weighted by Gasteiger charge is -2.30. The summed E-state index contributed by atoms with van der Waals surface area (Å²) >= 11 is 0. The monoisotopic (exact) mass is 321 g/mol. The number of anilines is 1. The van der Waals surface area contributed by atoms with E-state index in [0.717, 1.165) is 24.6 Å². The van der Waals surface area contributed by atoms with E-state index < -0.39 is 5.97 Å². The molecule has 0 radical (unpaired) electrons. The first kappa shape index (κ1) is 16.0. The van der Waals surface area contributed by atoms with Gasteiger partial charge in [0.1, 0.15) is 5.75 Å². The molecule has 1 aliphatic heterocycles. The summed E-state index contributed by atoms with van der Waals surface area (Å²) in [7, 11) is 0. The Bertz CT molecular complexity index is 793. The molecule has 0 fully saturated rings. The number of fused-ring (bicyclic) bond motifs is 1. The maximum Gasteiger partial charge on any atom is 0.335 e. The van der Waals surface area contributed by atoms with Crippen molar-refractivity contribution < 1.29 is 14.3 Å². The van der Waals surface area contributed by atoms with Crippen molar-refractivity contribution in [3.05, 3.63) is 71.8 Å². The van der Waals surface area contributed by atoms with Gasteiger partial charge in [0, 0.05) is 23.9 Å². The average molecular weight is 321 g/mol. The van der Waals surface area contributed by atoms with Gasteiger partial charge < -0.3 is 9.64 Å². The zero-order valence-electron chi connectivity index (χ0n) is 13.6. The summed E-state index contributed by atoms with van der Waals surface area (Å²) < 4.78 is 5.03. The van der Waals surface area contributed by atoms with Crippen LogP contribution < -0.4 is 9.64 Å². The van der Waals surface area contributed by atoms with E-state index in [9.17, 15) is 9.59 Å². The number of benzene rings is 2. The highest BCUT2D eigenvalue weighted by atomic mass is 16.5. The van der Waals surface area contributed by atoms with E-state index in [-0.39, 0.29) is 5.91 Å². The summed E-state index contributed by atoms with van der Waals surface area (Å²) in [6, 6.07) is 12.8. The molecule has 0 atom stereocenters. The van der Waals surface area contributed by atoms with Crippen LogP contribution in [0.5, 0.6) is 5.75 Å². The summed E-state index contributed by atoms with van der Waals surface area (Å²) in [5.41, 5.74) is 3.98. The van der Waals surface area contributed by atoms with Crippen LogP contribution in [0.25, 0.3) is 0 Å². The molecule has 1 aliphatic rings. The highest BCUT2D eigenvalue weighted by Gasteiger charge is 2.23. The molecule has 4 nitrogen and oxygen atoms in total. The van der Waals surface area contributed by atoms with Crippen LogP contribution in [0.2, 0.25) is 0 Å². The number of esters is 1. The maximum absolute atomic E-state index is 12.8. The Hall–Kier alpha value is -2.88. The summed E-state index contributed by atoms with van der Waals surface area (Å²) in [6.07, 6.45) is 3.06. The van der Waals surface area contributed by atoms with Crippen molar-refractivity contribution in [2.45, 2.75) is 19.8 Å². The largest absolute Gasteiger partial charge is 0.423 e. The van der Waals surface area contributed by atoms with Gasteiger partial charge in [-0.1, -0.05) is 24.3 Å². The fourth-order valence-corrected chi connectivity index (χ4v) is 2.92. The third-order valence-electron chi connectivity index (χ3n) is 4.09. The van der Waals surface area contributed by atoms with Crippen LogP contribution in [0, 0.1) is 6.92 Å². The lowest BCUT2D eigenvalue weighted by Crippen LogP contribution is -2.35. The molecule has 0 aromatic heterocycles. The van der Waals surface area contributed by atoms with Crippen LogP contribution in [0.1, 0.15) is 27.9 Å². The van der Waals surface area contributed by atoms with Crippen LogP contribution in [-0.4, -0.2) is 18.4 Å². The zero-order valence-corrected chi connectivity index (χ0v) is 13.6. The molecule has 122 valence electrons. The van der Waals surface area contributed by atoms with E-state index in [1.54, 1.807) is 24.3 Å². The number of hydrogen-bond donors (Lipinski definition) is 0. The van der Waals surface area contributed by atoms with Crippen molar-refractivity contribution in [1.29, 1.82) is 0 Å². The van der Waals surface area contributed by atoms with Gasteiger partial charge in [0.25, 0.3) is 5.91 Å². The van der Waals surface area contributed by atoms with Crippen LogP contribution in [0.15, 0.2) is 55.1 Å². The molecule has 0 spiro atoms. The Labute approximate surface area is 141 Å². The summed E-state index contributed by atoms with van der Waals surface area (Å²) in [6.45, 7) is 6.13. The Morgan fingerprint density at radius 2 is 1.92 bits per heavy atom. The number of amides is 1. The van der Waals surface area contributed by atoms with Crippen LogP contribution >= 0.6 is 0 Å². The minimum Gasteiger partial charge on any atom is -0.423 e. The molecular weight excluding hydrogens is 302 g/mol. The minimum atomic E-state index is -0.519. The normalized spacial score (nSPS) is 13.1. The standard InChI is InChI=1S/C20H19NO3/c1-3-19(22)24-17-9-7-15(8-10-17)20(23)21-12-4-5-16-13-14(2)6-11-18(16)21/h3,6-11,13H,1,4-5,12H2,2H3. The van der Waals surface area contributed by atoms with E-state index in [4.69, 9.17) is 4.74 Å². The van der Waals surface area contributed by atoms with E-state index >= 15 is 0 Å². The van der Waals surface area contributed by atoms with Gasteiger partial charge in [0.2, 0.25) is 0 Å². The third-order valence-corrected chi connectivity index (χ3v) is 4.09. The molecule has 0 saturated heterocycles. The van der Waals surface area contributed by atoms with Gasteiger partial charge in [0.15, 0.2) is 0 Å². The topological polar surface area (TPSA) is 46.6 Å². The van der Waals surface area contributed by atoms with Crippen molar-refractivity contribution in [3.8, 4) is 5.75 Å². The fourth-order valence-electron chi connectivity index (χ4n) is 2.92. The molecule has 0 saturated carbocycles. The number of hydrogen-bond acceptors (Lipinski definition) is 3. The maximum atomic E-state index is 12.8. The van der Waals surface area contributed by atoms with Gasteiger partial charge >= 0.3 is 5.97 Å². The highest BCUT2D eigenvalue weighted by molar-refractivity contribution is 6.06. The first-order chi connectivity index (χ1) is 11.6. The third kappa shape index (κ3) is 3.23. The molecule has 4 heteroatoms. The van der Waals surface area contributed by atoms with Gasteiger partial charge in [0.05, 0.1) is 0 Å². The number of carbonyl (C=O) groups excluding carboxylic acids is 2. The Morgan fingerprint density at radius 1 is 1.17 bits per heavy atom. The lowest BCUT2D eigenvalue weighted by molar-refractivity contribution is -0.128. The lowest BCUT2D eigenvalue weighted by atomic mass is 9.99. The summed E-state index contributed by atoms with van der Waals surface area (Å²) in [5, 5.41) is 0. The van der Waals surface area contributed by atoms with Crippen molar-refractivity contribution in [1.82, 2.24) is 0 Å². The van der Waals surface area contributed by atoms with Crippen molar-refractivity contribution in [2.24, 2.45) is 0 Å². The predicted molar refractivity (Wildman–Crippen MR) is 93.5 cm³/mol. The van der Waals surface area contributed by atoms with E-state index in [1.807, 2.05) is 17.0 Å². The number of ether oxygens (including phenoxy) is 1. The molecule has 0 unspecified atom stereocenters. The molecule has 1 heterocycles. The second kappa shape index (κ2) is 6.71. The first-order valence-corrected chi connectivity index (χ1v) is 7.94. The number of rotatable bonds is 3. The molecular formula is C20H19NO3. The first-order valence-electron chi connectivity index (χ1n) is 7.94. The van der Waals surface area contributed by atoms with Crippen molar-refractivity contribution in [3.63, 3.8) is 0 Å². The van der Waals surface area contributed by atoms with Crippen molar-refractivity contribution in [2.75, 3.05) is 11.4 Å². The van der Waals surface area contributed by atoms with Crippen LogP contribution in [0.3, 0.4) is 0 Å². The van der Waals surface area contributed by atoms with Gasteiger partial charge in [-0.05, 0) is 55.7 Å². The molecule has 0 aliphatic carbocycles. The van der Waals surface area contributed by atoms with E-state index in [0.29, 0.717) is 17.9 Å². The minimum absolute atomic E-state index is 0.0404. The quantitative estimate of drug-likeness (QED) is 0.492. The number of aryl methyl sites for hydroxylation is 2. The van der Waals surface area contributed by atoms with Crippen molar-refractivity contribution >= 4 is 17.6 Å². The molecule has 3 rings (SSSR count). The fraction of sp³-hybridized carbons (Fsp3) is 0.200. The second-order valence-electron chi connectivity index (χ2n) is 5.84. The van der Waals surface area contributed by atoms with E-state index in [2.05, 4.69) is 19.6 Å². The Balaban J connectivity index is 1.83. The SMILES string of the molecule is C=CC(=O)Oc1ccc(C(=O)N2CCCc3cc(C)ccc32)cc1. The molecule has 0 bridgehead atoms. The smallest absolute Gasteiger partial charge is 0.335 e. The number of nitrogens with zero attached hydrogens (tertiary/aromatic N) is 1. The Kier molecular flexibility index (Phi) is 4.47. The second-order valence-corrected chi connectivity index (χ2v) is 5.84. The molecule has 1 amide bonds. The zero-order chi connectivity index (χ0) is 17.1. The van der Waals surface area contributed by atoms with Gasteiger partial charge in [-0.25, -0.2) is 4.79 Å². The molecule has 2 aromatic carbocycles. The average Bonchev–Trinajstić information content (AvgIpc) is 2.61. The Morgan fingerprint density at radius 3 is 2.62 bits per heavy atom. The van der Waals surface area contributed by atoms with E-state index in [1.165, 1.54) is 11.1 Å². The molecule has 0 N–H and O–H groups in total. The van der Waals surface area contributed by atoms with Crippen LogP contribution in [-0.2, 0) is 11.2 Å². The number of carbonyl (C=O) groups is 2. The highest BCUT2D eigenvalue weighted by Crippen LogP contribution is 2.29. The van der Waals surface area contributed by atoms with Gasteiger partial charge in [-0.2, -0.15) is 0 Å².